The Morgan fingerprint density at radius 2 is 2.08 bits per heavy atom. The third-order valence-corrected chi connectivity index (χ3v) is 0.916. The highest BCUT2D eigenvalue weighted by Crippen LogP contribution is 1.90. The van der Waals surface area contributed by atoms with E-state index in [2.05, 4.69) is 10.3 Å². The summed E-state index contributed by atoms with van der Waals surface area (Å²) in [5.41, 5.74) is 0. The van der Waals surface area contributed by atoms with Crippen LogP contribution in [0.1, 0.15) is 20.8 Å². The molecule has 0 aromatic heterocycles. The molecule has 0 spiro atoms. The first-order chi connectivity index (χ1) is 5.56. The zero-order valence-electron chi connectivity index (χ0n) is 7.33. The minimum absolute atomic E-state index is 0.183. The topological polar surface area (TPSA) is 67.8 Å². The van der Waals surface area contributed by atoms with Crippen LogP contribution in [-0.2, 0) is 9.53 Å². The Kier molecular flexibility index (Phi) is 4.72. The van der Waals surface area contributed by atoms with Crippen molar-refractivity contribution in [3.05, 3.63) is 0 Å². The third-order valence-electron chi connectivity index (χ3n) is 0.916. The number of nitrogens with zero attached hydrogens (tertiary/aromatic N) is 1. The fourth-order valence-corrected chi connectivity index (χ4v) is 0.530. The molecule has 0 aliphatic carbocycles. The fourth-order valence-electron chi connectivity index (χ4n) is 0.530. The average molecular weight is 172 g/mol. The van der Waals surface area contributed by atoms with Crippen LogP contribution in [0.5, 0.6) is 0 Å². The van der Waals surface area contributed by atoms with Gasteiger partial charge in [-0.25, -0.2) is 9.59 Å². The molecule has 0 bridgehead atoms. The minimum Gasteiger partial charge on any atom is -0.447 e. The van der Waals surface area contributed by atoms with Gasteiger partial charge in [0, 0.05) is 0 Å². The van der Waals surface area contributed by atoms with Crippen molar-refractivity contribution in [2.45, 2.75) is 33.0 Å². The molecule has 1 amide bonds. The van der Waals surface area contributed by atoms with Crippen LogP contribution in [0.3, 0.4) is 0 Å². The van der Waals surface area contributed by atoms with Gasteiger partial charge in [-0.3, -0.25) is 5.32 Å². The molecule has 0 saturated carbocycles. The van der Waals surface area contributed by atoms with Crippen molar-refractivity contribution in [1.29, 1.82) is 0 Å². The van der Waals surface area contributed by atoms with E-state index >= 15 is 0 Å². The molecule has 0 saturated heterocycles. The standard InChI is InChI=1S/C7H12N2O3/c1-5(2)12-7(11)9-6(3)8-4-10/h5-6H,1-3H3,(H,9,11). The molecule has 1 unspecified atom stereocenters. The molecule has 68 valence electrons. The number of hydrogen-bond donors (Lipinski definition) is 1. The number of hydrogen-bond acceptors (Lipinski definition) is 4. The molecule has 0 fully saturated rings. The SMILES string of the molecule is CC(N=C=O)NC(=O)OC(C)C. The molecule has 0 aromatic carbocycles. The van der Waals surface area contributed by atoms with E-state index in [0.29, 0.717) is 0 Å². The highest BCUT2D eigenvalue weighted by Gasteiger charge is 2.07. The number of aliphatic imine (C=N–C) groups is 1. The second-order valence-corrected chi connectivity index (χ2v) is 2.49. The molecule has 5 heteroatoms. The normalized spacial score (nSPS) is 11.7. The minimum atomic E-state index is -0.589. The van der Waals surface area contributed by atoms with Crippen molar-refractivity contribution in [2.75, 3.05) is 0 Å². The zero-order valence-corrected chi connectivity index (χ0v) is 7.33. The Hall–Kier alpha value is -1.35. The largest absolute Gasteiger partial charge is 0.447 e. The summed E-state index contributed by atoms with van der Waals surface area (Å²) in [6.07, 6.45) is -0.0278. The smallest absolute Gasteiger partial charge is 0.409 e. The number of nitrogens with one attached hydrogen (secondary N) is 1. The van der Waals surface area contributed by atoms with Crippen LogP contribution in [0, 0.1) is 0 Å². The van der Waals surface area contributed by atoms with Crippen LogP contribution in [-0.4, -0.2) is 24.4 Å². The second-order valence-electron chi connectivity index (χ2n) is 2.49. The lowest BCUT2D eigenvalue weighted by atomic mass is 10.5. The predicted octanol–water partition coefficient (Wildman–Crippen LogP) is 0.803. The number of amides is 1. The van der Waals surface area contributed by atoms with Crippen LogP contribution in [0.2, 0.25) is 0 Å². The maximum Gasteiger partial charge on any atom is 0.409 e. The molecular formula is C7H12N2O3. The molecular weight excluding hydrogens is 160 g/mol. The summed E-state index contributed by atoms with van der Waals surface area (Å²) < 4.78 is 4.73. The summed E-state index contributed by atoms with van der Waals surface area (Å²) in [5.74, 6) is 0. The van der Waals surface area contributed by atoms with Crippen molar-refractivity contribution in [3.63, 3.8) is 0 Å². The molecule has 0 rings (SSSR count). The van der Waals surface area contributed by atoms with E-state index in [1.807, 2.05) is 0 Å². The van der Waals surface area contributed by atoms with Gasteiger partial charge >= 0.3 is 6.09 Å². The Morgan fingerprint density at radius 1 is 1.50 bits per heavy atom. The average Bonchev–Trinajstić information content (AvgIpc) is 1.84. The maximum absolute atomic E-state index is 10.8. The summed E-state index contributed by atoms with van der Waals surface area (Å²) in [6.45, 7) is 5.01. The van der Waals surface area contributed by atoms with Gasteiger partial charge in [-0.15, -0.1) is 0 Å². The maximum atomic E-state index is 10.8. The molecule has 12 heavy (non-hydrogen) atoms. The van der Waals surface area contributed by atoms with Gasteiger partial charge in [0.15, 0.2) is 0 Å². The number of ether oxygens (including phenoxy) is 1. The second kappa shape index (κ2) is 5.32. The van der Waals surface area contributed by atoms with Crippen molar-refractivity contribution < 1.29 is 14.3 Å². The Bertz CT molecular complexity index is 197. The lowest BCUT2D eigenvalue weighted by Crippen LogP contribution is -2.33. The van der Waals surface area contributed by atoms with Gasteiger partial charge in [-0.1, -0.05) is 0 Å². The molecule has 5 nitrogen and oxygen atoms in total. The Balaban J connectivity index is 3.76. The first kappa shape index (κ1) is 10.7. The van der Waals surface area contributed by atoms with Gasteiger partial charge in [0.1, 0.15) is 6.17 Å². The van der Waals surface area contributed by atoms with E-state index in [1.54, 1.807) is 20.8 Å². The van der Waals surface area contributed by atoms with Crippen LogP contribution < -0.4 is 5.32 Å². The van der Waals surface area contributed by atoms with Crippen LogP contribution >= 0.6 is 0 Å². The molecule has 0 aliphatic rings. The molecule has 0 heterocycles. The van der Waals surface area contributed by atoms with Gasteiger partial charge in [-0.05, 0) is 20.8 Å². The van der Waals surface area contributed by atoms with E-state index in [1.165, 1.54) is 6.08 Å². The zero-order chi connectivity index (χ0) is 9.56. The lowest BCUT2D eigenvalue weighted by molar-refractivity contribution is 0.113. The summed E-state index contributed by atoms with van der Waals surface area (Å²) in [4.78, 5) is 23.8. The fraction of sp³-hybridized carbons (Fsp3) is 0.714. The summed E-state index contributed by atoms with van der Waals surface area (Å²) in [6, 6.07) is 0. The van der Waals surface area contributed by atoms with Crippen molar-refractivity contribution in [2.24, 2.45) is 4.99 Å². The molecule has 0 aromatic rings. The predicted molar refractivity (Wildman–Crippen MR) is 42.3 cm³/mol. The lowest BCUT2D eigenvalue weighted by Gasteiger charge is -2.10. The first-order valence-corrected chi connectivity index (χ1v) is 3.60. The van der Waals surface area contributed by atoms with Gasteiger partial charge in [0.25, 0.3) is 0 Å². The molecule has 0 aliphatic heterocycles. The van der Waals surface area contributed by atoms with Crippen molar-refractivity contribution in [1.82, 2.24) is 5.32 Å². The van der Waals surface area contributed by atoms with E-state index in [9.17, 15) is 9.59 Å². The highest BCUT2D eigenvalue weighted by atomic mass is 16.6. The number of carbonyl (C=O) groups is 1. The van der Waals surface area contributed by atoms with Crippen LogP contribution in [0.15, 0.2) is 4.99 Å². The van der Waals surface area contributed by atoms with E-state index in [4.69, 9.17) is 4.74 Å². The Morgan fingerprint density at radius 3 is 2.50 bits per heavy atom. The van der Waals surface area contributed by atoms with Crippen LogP contribution in [0.25, 0.3) is 0 Å². The number of rotatable bonds is 3. The van der Waals surface area contributed by atoms with E-state index in [-0.39, 0.29) is 6.10 Å². The summed E-state index contributed by atoms with van der Waals surface area (Å²) >= 11 is 0. The number of alkyl carbamates (subject to hydrolysis) is 1. The van der Waals surface area contributed by atoms with Crippen LogP contribution in [0.4, 0.5) is 4.79 Å². The molecule has 1 N–H and O–H groups in total. The van der Waals surface area contributed by atoms with Gasteiger partial charge in [0.05, 0.1) is 6.10 Å². The Labute approximate surface area is 70.8 Å². The monoisotopic (exact) mass is 172 g/mol. The first-order valence-electron chi connectivity index (χ1n) is 3.60. The third kappa shape index (κ3) is 5.44. The van der Waals surface area contributed by atoms with E-state index in [0.717, 1.165) is 0 Å². The summed E-state index contributed by atoms with van der Waals surface area (Å²) in [7, 11) is 0. The number of isocyanates is 1. The van der Waals surface area contributed by atoms with Gasteiger partial charge < -0.3 is 4.74 Å². The van der Waals surface area contributed by atoms with Crippen molar-refractivity contribution >= 4 is 12.2 Å². The van der Waals surface area contributed by atoms with Crippen molar-refractivity contribution in [3.8, 4) is 0 Å². The molecule has 0 radical (unpaired) electrons. The highest BCUT2D eigenvalue weighted by molar-refractivity contribution is 5.67. The van der Waals surface area contributed by atoms with Gasteiger partial charge in [-0.2, -0.15) is 4.99 Å². The quantitative estimate of drug-likeness (QED) is 0.505. The number of carbonyl (C=O) groups excluding carboxylic acids is 2. The molecule has 1 atom stereocenters. The van der Waals surface area contributed by atoms with Gasteiger partial charge in [0.2, 0.25) is 6.08 Å². The van der Waals surface area contributed by atoms with E-state index < -0.39 is 12.3 Å². The summed E-state index contributed by atoms with van der Waals surface area (Å²) in [5, 5.41) is 2.32.